The Morgan fingerprint density at radius 2 is 0.911 bits per heavy atom. The van der Waals surface area contributed by atoms with E-state index in [-0.39, 0.29) is 11.2 Å². The summed E-state index contributed by atoms with van der Waals surface area (Å²) in [6.45, 7) is 8.31. The summed E-state index contributed by atoms with van der Waals surface area (Å²) in [4.78, 5) is 10.2. The molecule has 0 saturated carbocycles. The third kappa shape index (κ3) is 5.73. The molecule has 6 aromatic rings. The highest BCUT2D eigenvalue weighted by molar-refractivity contribution is 6.62. The van der Waals surface area contributed by atoms with Crippen LogP contribution in [0.1, 0.15) is 27.7 Å². The summed E-state index contributed by atoms with van der Waals surface area (Å²) >= 11 is 0. The molecule has 5 heteroatoms. The second-order valence-electron chi connectivity index (χ2n) is 12.5. The van der Waals surface area contributed by atoms with Crippen molar-refractivity contribution in [2.24, 2.45) is 0 Å². The van der Waals surface area contributed by atoms with Gasteiger partial charge in [-0.05, 0) is 61.5 Å². The van der Waals surface area contributed by atoms with E-state index >= 15 is 0 Å². The molecule has 2 heterocycles. The minimum atomic E-state index is -0.398. The minimum Gasteiger partial charge on any atom is -0.399 e. The van der Waals surface area contributed by atoms with Gasteiger partial charge in [-0.3, -0.25) is 0 Å². The lowest BCUT2D eigenvalue weighted by molar-refractivity contribution is 0.00578. The monoisotopic (exact) mass is 586 g/mol. The Kier molecular flexibility index (Phi) is 7.44. The van der Waals surface area contributed by atoms with Crippen molar-refractivity contribution in [2.75, 3.05) is 0 Å². The van der Waals surface area contributed by atoms with E-state index in [4.69, 9.17) is 19.3 Å². The fourth-order valence-corrected chi connectivity index (χ4v) is 5.67. The van der Waals surface area contributed by atoms with Crippen LogP contribution in [0.3, 0.4) is 0 Å². The van der Waals surface area contributed by atoms with E-state index in [1.54, 1.807) is 0 Å². The van der Waals surface area contributed by atoms with Crippen molar-refractivity contribution in [1.82, 2.24) is 9.97 Å². The lowest BCUT2D eigenvalue weighted by atomic mass is 9.78. The third-order valence-corrected chi connectivity index (χ3v) is 9.00. The molecule has 0 spiro atoms. The average Bonchev–Trinajstić information content (AvgIpc) is 3.31. The molecule has 0 unspecified atom stereocenters. The molecule has 1 aromatic heterocycles. The van der Waals surface area contributed by atoms with E-state index in [0.29, 0.717) is 5.82 Å². The number of nitrogens with zero attached hydrogens (tertiary/aromatic N) is 2. The van der Waals surface area contributed by atoms with Crippen molar-refractivity contribution in [3.8, 4) is 56.2 Å². The van der Waals surface area contributed by atoms with Gasteiger partial charge < -0.3 is 9.31 Å². The Hall–Kier alpha value is -4.84. The third-order valence-electron chi connectivity index (χ3n) is 9.00. The molecule has 7 rings (SSSR count). The van der Waals surface area contributed by atoms with E-state index in [1.165, 1.54) is 11.1 Å². The first-order valence-corrected chi connectivity index (χ1v) is 15.4. The van der Waals surface area contributed by atoms with Crippen LogP contribution in [0.25, 0.3) is 56.2 Å². The van der Waals surface area contributed by atoms with Gasteiger partial charge in [-0.1, -0.05) is 133 Å². The van der Waals surface area contributed by atoms with E-state index in [9.17, 15) is 0 Å². The molecule has 1 aliphatic rings. The molecule has 0 aliphatic carbocycles. The summed E-state index contributed by atoms with van der Waals surface area (Å²) in [6.07, 6.45) is 0. The van der Waals surface area contributed by atoms with Crippen LogP contribution in [0.5, 0.6) is 0 Å². The molecule has 1 aliphatic heterocycles. The number of rotatable bonds is 6. The second kappa shape index (κ2) is 11.6. The molecule has 1 saturated heterocycles. The molecule has 0 bridgehead atoms. The molecule has 1 fully saturated rings. The van der Waals surface area contributed by atoms with Crippen molar-refractivity contribution < 1.29 is 9.31 Å². The van der Waals surface area contributed by atoms with E-state index in [2.05, 4.69) is 143 Å². The maximum absolute atomic E-state index is 6.29. The lowest BCUT2D eigenvalue weighted by Gasteiger charge is -2.32. The molecule has 0 atom stereocenters. The van der Waals surface area contributed by atoms with Gasteiger partial charge in [0.05, 0.1) is 22.6 Å². The molecular weight excluding hydrogens is 551 g/mol. The van der Waals surface area contributed by atoms with E-state index in [0.717, 1.165) is 44.7 Å². The van der Waals surface area contributed by atoms with Gasteiger partial charge in [0.15, 0.2) is 5.82 Å². The number of aromatic nitrogens is 2. The maximum atomic E-state index is 6.29. The Morgan fingerprint density at radius 3 is 1.53 bits per heavy atom. The average molecular weight is 587 g/mol. The van der Waals surface area contributed by atoms with Gasteiger partial charge in [0.25, 0.3) is 0 Å². The molecule has 4 nitrogen and oxygen atoms in total. The largest absolute Gasteiger partial charge is 0.494 e. The van der Waals surface area contributed by atoms with Gasteiger partial charge in [0, 0.05) is 16.7 Å². The zero-order chi connectivity index (χ0) is 31.0. The number of benzene rings is 5. The standard InChI is InChI=1S/C40H35BN2O2/c1-39(2)40(3,4)45-41(44-39)33-25-23-30(24-26-33)34-17-11-12-18-35(34)37-27-36(42-38(43-37)32-15-9-6-10-16-32)31-21-19-29(20-22-31)28-13-7-5-8-14-28/h5-27H,1-4H3. The summed E-state index contributed by atoms with van der Waals surface area (Å²) in [5.74, 6) is 0.696. The van der Waals surface area contributed by atoms with Gasteiger partial charge in [-0.2, -0.15) is 0 Å². The predicted octanol–water partition coefficient (Wildman–Crippen LogP) is 9.11. The van der Waals surface area contributed by atoms with Gasteiger partial charge in [0.1, 0.15) is 0 Å². The van der Waals surface area contributed by atoms with Crippen molar-refractivity contribution in [3.63, 3.8) is 0 Å². The first kappa shape index (κ1) is 28.9. The Balaban J connectivity index is 1.28. The summed E-state index contributed by atoms with van der Waals surface area (Å²) in [6, 6.07) is 48.2. The molecule has 0 amide bonds. The fraction of sp³-hybridized carbons (Fsp3) is 0.150. The smallest absolute Gasteiger partial charge is 0.399 e. The van der Waals surface area contributed by atoms with Crippen molar-refractivity contribution >= 4 is 12.6 Å². The topological polar surface area (TPSA) is 44.2 Å². The van der Waals surface area contributed by atoms with Gasteiger partial charge in [0.2, 0.25) is 0 Å². The highest BCUT2D eigenvalue weighted by atomic mass is 16.7. The summed E-state index contributed by atoms with van der Waals surface area (Å²) in [7, 11) is -0.398. The van der Waals surface area contributed by atoms with Crippen LogP contribution < -0.4 is 5.46 Å². The first-order valence-electron chi connectivity index (χ1n) is 15.4. The lowest BCUT2D eigenvalue weighted by Crippen LogP contribution is -2.41. The summed E-state index contributed by atoms with van der Waals surface area (Å²) < 4.78 is 12.6. The normalized spacial score (nSPS) is 15.2. The zero-order valence-corrected chi connectivity index (χ0v) is 26.1. The molecule has 0 radical (unpaired) electrons. The molecule has 0 N–H and O–H groups in total. The highest BCUT2D eigenvalue weighted by Gasteiger charge is 2.51. The van der Waals surface area contributed by atoms with Gasteiger partial charge in [-0.15, -0.1) is 0 Å². The van der Waals surface area contributed by atoms with E-state index in [1.807, 2.05) is 24.3 Å². The zero-order valence-electron chi connectivity index (χ0n) is 26.1. The SMILES string of the molecule is CC1(C)OB(c2ccc(-c3ccccc3-c3cc(-c4ccc(-c5ccccc5)cc4)nc(-c4ccccc4)n3)cc2)OC1(C)C. The van der Waals surface area contributed by atoms with Crippen molar-refractivity contribution in [3.05, 3.63) is 140 Å². The van der Waals surface area contributed by atoms with E-state index < -0.39 is 7.12 Å². The van der Waals surface area contributed by atoms with Crippen molar-refractivity contribution in [2.45, 2.75) is 38.9 Å². The first-order chi connectivity index (χ1) is 21.8. The highest BCUT2D eigenvalue weighted by Crippen LogP contribution is 2.37. The maximum Gasteiger partial charge on any atom is 0.494 e. The Morgan fingerprint density at radius 1 is 0.444 bits per heavy atom. The summed E-state index contributed by atoms with van der Waals surface area (Å²) in [5.41, 5.74) is 9.61. The number of hydrogen-bond acceptors (Lipinski definition) is 4. The molecule has 5 aromatic carbocycles. The number of hydrogen-bond donors (Lipinski definition) is 0. The quantitative estimate of drug-likeness (QED) is 0.183. The Bertz CT molecular complexity index is 1920. The van der Waals surface area contributed by atoms with Crippen LogP contribution in [0.15, 0.2) is 140 Å². The molecule has 220 valence electrons. The predicted molar refractivity (Wildman–Crippen MR) is 185 cm³/mol. The summed E-state index contributed by atoms with van der Waals surface area (Å²) in [5, 5.41) is 0. The van der Waals surface area contributed by atoms with Crippen LogP contribution in [-0.2, 0) is 9.31 Å². The molecule has 45 heavy (non-hydrogen) atoms. The van der Waals surface area contributed by atoms with Crippen molar-refractivity contribution in [1.29, 1.82) is 0 Å². The van der Waals surface area contributed by atoms with Gasteiger partial charge >= 0.3 is 7.12 Å². The van der Waals surface area contributed by atoms with Crippen LogP contribution in [-0.4, -0.2) is 28.3 Å². The van der Waals surface area contributed by atoms with Crippen LogP contribution in [0, 0.1) is 0 Å². The van der Waals surface area contributed by atoms with Crippen LogP contribution >= 0.6 is 0 Å². The second-order valence-corrected chi connectivity index (χ2v) is 12.5. The Labute approximate surface area is 265 Å². The molecular formula is C40H35BN2O2. The van der Waals surface area contributed by atoms with Crippen LogP contribution in [0.4, 0.5) is 0 Å². The minimum absolute atomic E-state index is 0.383. The van der Waals surface area contributed by atoms with Crippen LogP contribution in [0.2, 0.25) is 0 Å². The van der Waals surface area contributed by atoms with Gasteiger partial charge in [-0.25, -0.2) is 9.97 Å². The fourth-order valence-electron chi connectivity index (χ4n) is 5.67.